The van der Waals surface area contributed by atoms with Gasteiger partial charge in [0.15, 0.2) is 0 Å². The third kappa shape index (κ3) is 12.9. The minimum atomic E-state index is -0.297. The summed E-state index contributed by atoms with van der Waals surface area (Å²) in [7, 11) is 0. The van der Waals surface area contributed by atoms with E-state index in [4.69, 9.17) is 19.2 Å². The fraction of sp³-hybridized carbons (Fsp3) is 0.857. The number of amides is 1. The van der Waals surface area contributed by atoms with Crippen LogP contribution in [0.3, 0.4) is 0 Å². The topological polar surface area (TPSA) is 101 Å². The van der Waals surface area contributed by atoms with Crippen LogP contribution < -0.4 is 0 Å². The van der Waals surface area contributed by atoms with Crippen molar-refractivity contribution in [1.82, 2.24) is 19.6 Å². The van der Waals surface area contributed by atoms with E-state index in [-0.39, 0.29) is 25.0 Å². The Labute approximate surface area is 191 Å². The lowest BCUT2D eigenvalue weighted by Gasteiger charge is -2.32. The second kappa shape index (κ2) is 17.7. The number of hydrogen-bond donors (Lipinski definition) is 0. The maximum absolute atomic E-state index is 12.1. The Bertz CT molecular complexity index is 538. The van der Waals surface area contributed by atoms with Crippen molar-refractivity contribution in [2.24, 2.45) is 0 Å². The predicted octanol–water partition coefficient (Wildman–Crippen LogP) is -0.541. The Hall–Kier alpha value is -1.79. The van der Waals surface area contributed by atoms with Crippen molar-refractivity contribution in [2.75, 3.05) is 98.4 Å². The van der Waals surface area contributed by atoms with Crippen LogP contribution in [0.4, 0.5) is 0 Å². The molecule has 0 aromatic rings. The largest absolute Gasteiger partial charge is 0.465 e. The summed E-state index contributed by atoms with van der Waals surface area (Å²) < 4.78 is 10.2. The highest BCUT2D eigenvalue weighted by molar-refractivity contribution is 5.72. The minimum absolute atomic E-state index is 0.147. The number of nitrogens with zero attached hydrogens (tertiary/aromatic N) is 4. The van der Waals surface area contributed by atoms with Gasteiger partial charge in [0.2, 0.25) is 6.41 Å². The number of ether oxygens (including phenoxy) is 2. The van der Waals surface area contributed by atoms with Crippen LogP contribution in [0.25, 0.3) is 0 Å². The molecule has 0 aromatic heterocycles. The van der Waals surface area contributed by atoms with Gasteiger partial charge in [-0.15, -0.1) is 0 Å². The van der Waals surface area contributed by atoms with E-state index in [9.17, 15) is 14.4 Å². The first-order valence-corrected chi connectivity index (χ1v) is 11.4. The van der Waals surface area contributed by atoms with Crippen LogP contribution in [0.5, 0.6) is 0 Å². The third-order valence-corrected chi connectivity index (χ3v) is 5.03. The van der Waals surface area contributed by atoms with E-state index in [1.54, 1.807) is 18.7 Å². The molecule has 32 heavy (non-hydrogen) atoms. The Morgan fingerprint density at radius 3 is 1.62 bits per heavy atom. The number of esters is 2. The average Bonchev–Trinajstić information content (AvgIpc) is 2.76. The zero-order valence-electron chi connectivity index (χ0n) is 19.8. The lowest BCUT2D eigenvalue weighted by Crippen LogP contribution is -2.48. The Morgan fingerprint density at radius 1 is 0.688 bits per heavy atom. The number of carbonyl (C=O) groups excluding carboxylic acids is 3. The molecule has 0 bridgehead atoms. The zero-order chi connectivity index (χ0) is 23.6. The highest BCUT2D eigenvalue weighted by Crippen LogP contribution is 2.01. The van der Waals surface area contributed by atoms with Gasteiger partial charge in [0.05, 0.1) is 39.5 Å². The molecule has 1 rings (SSSR count). The van der Waals surface area contributed by atoms with Crippen molar-refractivity contribution in [3.8, 4) is 0 Å². The average molecular weight is 461 g/mol. The quantitative estimate of drug-likeness (QED) is 0.124. The summed E-state index contributed by atoms with van der Waals surface area (Å²) in [6.45, 7) is 12.7. The molecule has 0 spiro atoms. The molecule has 11 heteroatoms. The van der Waals surface area contributed by atoms with Gasteiger partial charge in [-0.2, -0.15) is 0 Å². The summed E-state index contributed by atoms with van der Waals surface area (Å²) in [5.41, 5.74) is 0. The molecule has 11 nitrogen and oxygen atoms in total. The van der Waals surface area contributed by atoms with Gasteiger partial charge in [-0.3, -0.25) is 29.1 Å². The van der Waals surface area contributed by atoms with Gasteiger partial charge >= 0.3 is 11.9 Å². The highest BCUT2D eigenvalue weighted by Gasteiger charge is 2.19. The van der Waals surface area contributed by atoms with Gasteiger partial charge in [0.1, 0.15) is 0 Å². The molecule has 0 aromatic carbocycles. The number of hydrogen-bond acceptors (Lipinski definition) is 10. The zero-order valence-corrected chi connectivity index (χ0v) is 19.8. The Morgan fingerprint density at radius 2 is 1.16 bits per heavy atom. The van der Waals surface area contributed by atoms with E-state index < -0.39 is 0 Å². The van der Waals surface area contributed by atoms with Crippen LogP contribution in [-0.4, -0.2) is 136 Å². The second-order valence-corrected chi connectivity index (χ2v) is 7.37. The molecule has 0 radical (unpaired) electrons. The van der Waals surface area contributed by atoms with Gasteiger partial charge < -0.3 is 14.4 Å². The van der Waals surface area contributed by atoms with E-state index in [1.807, 2.05) is 16.7 Å². The van der Waals surface area contributed by atoms with Crippen LogP contribution in [0, 0.1) is 0 Å². The molecule has 186 valence electrons. The van der Waals surface area contributed by atoms with Gasteiger partial charge in [-0.1, -0.05) is 0 Å². The maximum Gasteiger partial charge on any atom is 0.320 e. The van der Waals surface area contributed by atoms with Crippen molar-refractivity contribution in [3.05, 3.63) is 0 Å². The summed E-state index contributed by atoms with van der Waals surface area (Å²) in [6.07, 6.45) is 0.843. The number of carbonyl (C=O) groups is 3. The summed E-state index contributed by atoms with van der Waals surface area (Å²) in [6, 6.07) is 0. The van der Waals surface area contributed by atoms with Crippen molar-refractivity contribution < 1.29 is 33.6 Å². The first kappa shape index (κ1) is 28.2. The first-order valence-electron chi connectivity index (χ1n) is 11.4. The molecule has 0 atom stereocenters. The van der Waals surface area contributed by atoms with Gasteiger partial charge in [0.25, 0.3) is 0 Å². The summed E-state index contributed by atoms with van der Waals surface area (Å²) in [5.74, 6) is -0.565. The fourth-order valence-corrected chi connectivity index (χ4v) is 3.28. The molecular formula is C21H40N4O7. The smallest absolute Gasteiger partial charge is 0.320 e. The van der Waals surface area contributed by atoms with Gasteiger partial charge in [0, 0.05) is 58.9 Å². The SMILES string of the molecule is CCOOCCN1CCN(C=O)CCN(CC(=O)OCC)CCN(CC(=O)OCC)CC1. The van der Waals surface area contributed by atoms with Gasteiger partial charge in [-0.05, 0) is 20.8 Å². The van der Waals surface area contributed by atoms with Gasteiger partial charge in [-0.25, -0.2) is 9.78 Å². The van der Waals surface area contributed by atoms with Crippen molar-refractivity contribution >= 4 is 18.3 Å². The third-order valence-electron chi connectivity index (χ3n) is 5.03. The van der Waals surface area contributed by atoms with Crippen LogP contribution in [0.15, 0.2) is 0 Å². The van der Waals surface area contributed by atoms with Crippen LogP contribution in [-0.2, 0) is 33.6 Å². The van der Waals surface area contributed by atoms with Crippen LogP contribution >= 0.6 is 0 Å². The summed E-state index contributed by atoms with van der Waals surface area (Å²) in [5, 5.41) is 0. The Balaban J connectivity index is 2.82. The molecule has 1 fully saturated rings. The fourth-order valence-electron chi connectivity index (χ4n) is 3.28. The summed E-state index contributed by atoms with van der Waals surface area (Å²) in [4.78, 5) is 53.6. The van der Waals surface area contributed by atoms with E-state index in [0.717, 1.165) is 6.41 Å². The Kier molecular flexibility index (Phi) is 15.6. The van der Waals surface area contributed by atoms with E-state index >= 15 is 0 Å². The van der Waals surface area contributed by atoms with Crippen molar-refractivity contribution in [3.63, 3.8) is 0 Å². The minimum Gasteiger partial charge on any atom is -0.465 e. The van der Waals surface area contributed by atoms with Crippen molar-refractivity contribution in [1.29, 1.82) is 0 Å². The normalized spacial score (nSPS) is 17.9. The standard InChI is InChI=1S/C21H40N4O7/c1-4-29-20(27)17-23-9-7-22(15-16-32-31-6-3)8-13-25(19-26)14-12-24(11-10-23)18-21(28)30-5-2/h19H,4-18H2,1-3H3. The molecule has 1 saturated heterocycles. The van der Waals surface area contributed by atoms with E-state index in [2.05, 4.69) is 4.90 Å². The maximum atomic E-state index is 12.1. The highest BCUT2D eigenvalue weighted by atomic mass is 17.2. The first-order chi connectivity index (χ1) is 15.5. The molecule has 1 amide bonds. The molecule has 0 unspecified atom stereocenters. The monoisotopic (exact) mass is 460 g/mol. The number of rotatable bonds is 12. The van der Waals surface area contributed by atoms with Crippen LogP contribution in [0.2, 0.25) is 0 Å². The molecule has 1 aliphatic rings. The second-order valence-electron chi connectivity index (χ2n) is 7.37. The molecule has 1 aliphatic heterocycles. The predicted molar refractivity (Wildman–Crippen MR) is 118 cm³/mol. The molecule has 0 saturated carbocycles. The van der Waals surface area contributed by atoms with Crippen LogP contribution in [0.1, 0.15) is 20.8 Å². The van der Waals surface area contributed by atoms with E-state index in [1.165, 1.54) is 0 Å². The molecule has 1 heterocycles. The molecule has 0 N–H and O–H groups in total. The lowest BCUT2D eigenvalue weighted by atomic mass is 10.3. The lowest BCUT2D eigenvalue weighted by molar-refractivity contribution is -0.292. The summed E-state index contributed by atoms with van der Waals surface area (Å²) >= 11 is 0. The molecule has 0 aliphatic carbocycles. The molecular weight excluding hydrogens is 420 g/mol. The van der Waals surface area contributed by atoms with E-state index in [0.29, 0.717) is 85.3 Å². The van der Waals surface area contributed by atoms with Crippen molar-refractivity contribution in [2.45, 2.75) is 20.8 Å².